The van der Waals surface area contributed by atoms with E-state index in [4.69, 9.17) is 4.74 Å². The second kappa shape index (κ2) is 10.9. The van der Waals surface area contributed by atoms with E-state index in [1.54, 1.807) is 55.1 Å². The predicted octanol–water partition coefficient (Wildman–Crippen LogP) is 4.22. The first-order chi connectivity index (χ1) is 14.6. The highest BCUT2D eigenvalue weighted by atomic mass is 16.5. The van der Waals surface area contributed by atoms with Crippen molar-refractivity contribution in [3.8, 4) is 0 Å². The Labute approximate surface area is 176 Å². The number of rotatable bonds is 9. The van der Waals surface area contributed by atoms with E-state index in [0.717, 1.165) is 5.56 Å². The molecule has 5 heteroatoms. The fourth-order valence-corrected chi connectivity index (χ4v) is 2.87. The van der Waals surface area contributed by atoms with Gasteiger partial charge in [0.15, 0.2) is 0 Å². The third kappa shape index (κ3) is 6.29. The summed E-state index contributed by atoms with van der Waals surface area (Å²) in [5.41, 5.74) is 1.99. The molecule has 0 bridgehead atoms. The standard InChI is InChI=1S/C25H23NO4/c27-23(21-12-6-2-7-13-21)18-24(28)30-17-16-26(19-20-10-4-1-5-11-20)25(29)22-14-8-3-9-15-22/h1-15,19,27H,16-18H2. The normalized spacial score (nSPS) is 10.6. The number of hydrogen-bond acceptors (Lipinski definition) is 4. The Balaban J connectivity index is 1.57. The van der Waals surface area contributed by atoms with Gasteiger partial charge in [0.25, 0.3) is 5.91 Å². The largest absolute Gasteiger partial charge is 0.464 e. The number of hydrogen-bond donors (Lipinski definition) is 1. The van der Waals surface area contributed by atoms with Crippen molar-refractivity contribution in [3.63, 3.8) is 0 Å². The number of amides is 1. The van der Waals surface area contributed by atoms with Gasteiger partial charge in [-0.15, -0.1) is 0 Å². The lowest BCUT2D eigenvalue weighted by Crippen LogP contribution is -2.32. The molecule has 3 rings (SSSR count). The van der Waals surface area contributed by atoms with Crippen molar-refractivity contribution in [3.05, 3.63) is 120 Å². The zero-order valence-corrected chi connectivity index (χ0v) is 16.5. The van der Waals surface area contributed by atoms with E-state index in [1.807, 2.05) is 42.5 Å². The molecule has 0 atom stereocenters. The Hall–Kier alpha value is -3.44. The van der Waals surface area contributed by atoms with Gasteiger partial charge in [0.1, 0.15) is 12.7 Å². The SMILES string of the molecule is O=C(C[C](O)c1ccccc1)OCCN([CH]c1ccccc1)C(=O)c1ccccc1. The highest BCUT2D eigenvalue weighted by Crippen LogP contribution is 2.16. The maximum Gasteiger partial charge on any atom is 0.309 e. The van der Waals surface area contributed by atoms with Crippen LogP contribution in [0.2, 0.25) is 0 Å². The molecule has 152 valence electrons. The molecule has 0 aliphatic rings. The molecule has 0 aliphatic carbocycles. The van der Waals surface area contributed by atoms with Gasteiger partial charge in [-0.2, -0.15) is 0 Å². The van der Waals surface area contributed by atoms with Crippen molar-refractivity contribution < 1.29 is 19.4 Å². The van der Waals surface area contributed by atoms with Gasteiger partial charge in [-0.3, -0.25) is 9.59 Å². The lowest BCUT2D eigenvalue weighted by atomic mass is 10.1. The van der Waals surface area contributed by atoms with Crippen LogP contribution in [0.1, 0.15) is 27.9 Å². The number of aliphatic hydroxyl groups is 1. The lowest BCUT2D eigenvalue weighted by molar-refractivity contribution is -0.144. The molecule has 0 saturated carbocycles. The second-order valence-corrected chi connectivity index (χ2v) is 6.61. The van der Waals surface area contributed by atoms with Crippen molar-refractivity contribution in [1.29, 1.82) is 0 Å². The fraction of sp³-hybridized carbons (Fsp3) is 0.120. The topological polar surface area (TPSA) is 66.8 Å². The molecule has 0 aliphatic heterocycles. The van der Waals surface area contributed by atoms with Crippen molar-refractivity contribution >= 4 is 11.9 Å². The van der Waals surface area contributed by atoms with Gasteiger partial charge in [-0.25, -0.2) is 0 Å². The Morgan fingerprint density at radius 1 is 0.800 bits per heavy atom. The number of nitrogens with zero attached hydrogens (tertiary/aromatic N) is 1. The van der Waals surface area contributed by atoms with Gasteiger partial charge in [-0.05, 0) is 23.3 Å². The highest BCUT2D eigenvalue weighted by molar-refractivity contribution is 5.94. The Morgan fingerprint density at radius 2 is 1.33 bits per heavy atom. The van der Waals surface area contributed by atoms with E-state index in [0.29, 0.717) is 11.1 Å². The average molecular weight is 401 g/mol. The zero-order valence-electron chi connectivity index (χ0n) is 16.5. The summed E-state index contributed by atoms with van der Waals surface area (Å²) >= 11 is 0. The quantitative estimate of drug-likeness (QED) is 0.545. The summed E-state index contributed by atoms with van der Waals surface area (Å²) < 4.78 is 5.25. The van der Waals surface area contributed by atoms with Crippen LogP contribution in [0.4, 0.5) is 0 Å². The summed E-state index contributed by atoms with van der Waals surface area (Å²) in [5, 5.41) is 10.1. The van der Waals surface area contributed by atoms with E-state index < -0.39 is 5.97 Å². The molecule has 0 fully saturated rings. The van der Waals surface area contributed by atoms with Gasteiger partial charge in [0, 0.05) is 5.56 Å². The molecule has 5 nitrogen and oxygen atoms in total. The number of carbonyl (C=O) groups is 2. The molecule has 0 heterocycles. The van der Waals surface area contributed by atoms with Gasteiger partial charge in [0.2, 0.25) is 0 Å². The molecule has 2 radical (unpaired) electrons. The van der Waals surface area contributed by atoms with Crippen LogP contribution in [0.25, 0.3) is 0 Å². The minimum absolute atomic E-state index is 0.0167. The van der Waals surface area contributed by atoms with Gasteiger partial charge in [0.05, 0.1) is 19.5 Å². The Kier molecular flexibility index (Phi) is 7.75. The van der Waals surface area contributed by atoms with Crippen LogP contribution in [-0.2, 0) is 9.53 Å². The molecule has 0 unspecified atom stereocenters. The number of aliphatic hydroxyl groups excluding tert-OH is 1. The van der Waals surface area contributed by atoms with Crippen LogP contribution in [-0.4, -0.2) is 35.0 Å². The summed E-state index contributed by atoms with van der Waals surface area (Å²) in [6.07, 6.45) is -0.271. The summed E-state index contributed by atoms with van der Waals surface area (Å²) in [6.45, 7) is 1.94. The fourth-order valence-electron chi connectivity index (χ4n) is 2.87. The van der Waals surface area contributed by atoms with Crippen molar-refractivity contribution in [2.75, 3.05) is 13.2 Å². The molecule has 1 N–H and O–H groups in total. The molecule has 1 amide bonds. The van der Waals surface area contributed by atoms with E-state index in [1.165, 1.54) is 4.90 Å². The molecular weight excluding hydrogens is 378 g/mol. The van der Waals surface area contributed by atoms with E-state index in [-0.39, 0.29) is 31.6 Å². The highest BCUT2D eigenvalue weighted by Gasteiger charge is 2.19. The number of benzene rings is 3. The number of esters is 1. The Bertz CT molecular complexity index is 929. The Morgan fingerprint density at radius 3 is 1.93 bits per heavy atom. The van der Waals surface area contributed by atoms with Crippen LogP contribution in [0.15, 0.2) is 91.0 Å². The summed E-state index contributed by atoms with van der Waals surface area (Å²) in [5.74, 6) is -0.739. The zero-order chi connectivity index (χ0) is 21.2. The van der Waals surface area contributed by atoms with Crippen molar-refractivity contribution in [1.82, 2.24) is 4.90 Å². The monoisotopic (exact) mass is 401 g/mol. The molecule has 3 aromatic rings. The van der Waals surface area contributed by atoms with Crippen LogP contribution in [0.3, 0.4) is 0 Å². The smallest absolute Gasteiger partial charge is 0.309 e. The average Bonchev–Trinajstić information content (AvgIpc) is 2.79. The maximum absolute atomic E-state index is 12.9. The molecular formula is C25H23NO4. The molecule has 30 heavy (non-hydrogen) atoms. The first kappa shape index (κ1) is 21.3. The van der Waals surface area contributed by atoms with Gasteiger partial charge in [-0.1, -0.05) is 78.9 Å². The molecule has 0 aromatic heterocycles. The minimum atomic E-state index is -0.553. The van der Waals surface area contributed by atoms with E-state index in [2.05, 4.69) is 0 Å². The van der Waals surface area contributed by atoms with Gasteiger partial charge >= 0.3 is 5.97 Å². The molecule has 0 spiro atoms. The van der Waals surface area contributed by atoms with Crippen LogP contribution >= 0.6 is 0 Å². The van der Waals surface area contributed by atoms with E-state index >= 15 is 0 Å². The number of carbonyl (C=O) groups excluding carboxylic acids is 2. The third-order valence-electron chi connectivity index (χ3n) is 4.40. The predicted molar refractivity (Wildman–Crippen MR) is 114 cm³/mol. The summed E-state index contributed by atoms with van der Waals surface area (Å²) in [4.78, 5) is 26.5. The molecule has 3 aromatic carbocycles. The third-order valence-corrected chi connectivity index (χ3v) is 4.40. The first-order valence-electron chi connectivity index (χ1n) is 9.65. The van der Waals surface area contributed by atoms with Crippen LogP contribution < -0.4 is 0 Å². The molecule has 0 saturated heterocycles. The van der Waals surface area contributed by atoms with E-state index in [9.17, 15) is 14.7 Å². The van der Waals surface area contributed by atoms with Crippen LogP contribution in [0.5, 0.6) is 0 Å². The van der Waals surface area contributed by atoms with Crippen molar-refractivity contribution in [2.45, 2.75) is 6.42 Å². The van der Waals surface area contributed by atoms with Gasteiger partial charge < -0.3 is 14.7 Å². The maximum atomic E-state index is 12.9. The second-order valence-electron chi connectivity index (χ2n) is 6.61. The summed E-state index contributed by atoms with van der Waals surface area (Å²) in [6, 6.07) is 27.2. The first-order valence-corrected chi connectivity index (χ1v) is 9.65. The lowest BCUT2D eigenvalue weighted by Gasteiger charge is -2.22. The minimum Gasteiger partial charge on any atom is -0.464 e. The van der Waals surface area contributed by atoms with Crippen LogP contribution in [0, 0.1) is 12.6 Å². The summed E-state index contributed by atoms with van der Waals surface area (Å²) in [7, 11) is 0. The van der Waals surface area contributed by atoms with Crippen molar-refractivity contribution in [2.24, 2.45) is 0 Å². The number of ether oxygens (including phenoxy) is 1.